The zero-order chi connectivity index (χ0) is 34.2. The fraction of sp³-hybridized carbons (Fsp3) is 0.529. The zero-order valence-corrected chi connectivity index (χ0v) is 29.1. The Balaban J connectivity index is 1.49. The van der Waals surface area contributed by atoms with Crippen LogP contribution in [0, 0.1) is 18.7 Å². The third kappa shape index (κ3) is 7.45. The van der Waals surface area contributed by atoms with Gasteiger partial charge in [-0.1, -0.05) is 55.3 Å². The Morgan fingerprint density at radius 2 is 1.77 bits per heavy atom. The minimum atomic E-state index is -1.04. The smallest absolute Gasteiger partial charge is 0.248 e. The van der Waals surface area contributed by atoms with Gasteiger partial charge >= 0.3 is 0 Å². The summed E-state index contributed by atoms with van der Waals surface area (Å²) in [6, 6.07) is 8.68. The van der Waals surface area contributed by atoms with E-state index in [0.29, 0.717) is 24.3 Å². The third-order valence-corrected chi connectivity index (χ3v) is 10.7. The maximum Gasteiger partial charge on any atom is 0.248 e. The Kier molecular flexibility index (Phi) is 10.8. The van der Waals surface area contributed by atoms with Gasteiger partial charge in [-0.3, -0.25) is 19.2 Å². The highest BCUT2D eigenvalue weighted by Crippen LogP contribution is 2.37. The molecule has 0 bridgehead atoms. The number of hydrogen-bond acceptors (Lipinski definition) is 7. The number of piperazine rings is 1. The second kappa shape index (κ2) is 14.5. The Morgan fingerprint density at radius 3 is 2.40 bits per heavy atom. The van der Waals surface area contributed by atoms with Crippen molar-refractivity contribution in [3.05, 3.63) is 64.4 Å². The fourth-order valence-electron chi connectivity index (χ4n) is 6.49. The molecule has 3 fully saturated rings. The van der Waals surface area contributed by atoms with Gasteiger partial charge in [-0.05, 0) is 75.2 Å². The van der Waals surface area contributed by atoms with Gasteiger partial charge in [0.2, 0.25) is 23.6 Å². The van der Waals surface area contributed by atoms with E-state index >= 15 is 4.39 Å². The van der Waals surface area contributed by atoms with Crippen LogP contribution in [0.2, 0.25) is 5.02 Å². The lowest BCUT2D eigenvalue weighted by molar-refractivity contribution is -0.168. The summed E-state index contributed by atoms with van der Waals surface area (Å²) in [5.41, 5.74) is 8.12. The quantitative estimate of drug-likeness (QED) is 0.387. The molecule has 2 aromatic rings. The van der Waals surface area contributed by atoms with E-state index in [2.05, 4.69) is 5.32 Å². The Bertz CT molecular complexity index is 1510. The number of carbonyl (C=O) groups excluding carboxylic acids is 4. The van der Waals surface area contributed by atoms with Crippen LogP contribution in [-0.2, 0) is 25.6 Å². The largest absolute Gasteiger partial charge is 0.341 e. The molecule has 47 heavy (non-hydrogen) atoms. The molecule has 4 amide bonds. The second-order valence-corrected chi connectivity index (χ2v) is 14.8. The number of halogens is 2. The SMILES string of the molecule is Cc1ccc(CC2C(=O)N(C(C)C)CC3N(Sc4ccc(Cl)cc4F)CC(NC(=O)C4CCCN4C(=O)C(N)C(C)C)C(=O)N23)cc1. The van der Waals surface area contributed by atoms with Gasteiger partial charge in [0.15, 0.2) is 0 Å². The van der Waals surface area contributed by atoms with Gasteiger partial charge in [-0.25, -0.2) is 8.70 Å². The summed E-state index contributed by atoms with van der Waals surface area (Å²) >= 11 is 7.16. The van der Waals surface area contributed by atoms with E-state index in [1.165, 1.54) is 11.0 Å². The average Bonchev–Trinajstić information content (AvgIpc) is 3.52. The zero-order valence-electron chi connectivity index (χ0n) is 27.5. The van der Waals surface area contributed by atoms with E-state index in [-0.39, 0.29) is 54.2 Å². The highest BCUT2D eigenvalue weighted by molar-refractivity contribution is 7.97. The first-order chi connectivity index (χ1) is 22.3. The van der Waals surface area contributed by atoms with Gasteiger partial charge in [-0.15, -0.1) is 0 Å². The minimum absolute atomic E-state index is 0.0576. The van der Waals surface area contributed by atoms with Crippen molar-refractivity contribution < 1.29 is 23.6 Å². The Morgan fingerprint density at radius 1 is 1.06 bits per heavy atom. The molecule has 0 aromatic heterocycles. The van der Waals surface area contributed by atoms with Crippen LogP contribution in [0.1, 0.15) is 51.7 Å². The van der Waals surface area contributed by atoms with Gasteiger partial charge in [0.05, 0.1) is 17.5 Å². The molecule has 3 aliphatic rings. The van der Waals surface area contributed by atoms with Crippen LogP contribution in [0.25, 0.3) is 0 Å². The first-order valence-electron chi connectivity index (χ1n) is 16.2. The van der Waals surface area contributed by atoms with Crippen molar-refractivity contribution in [1.29, 1.82) is 0 Å². The number of fused-ring (bicyclic) bond motifs is 1. The molecule has 0 aliphatic carbocycles. The predicted molar refractivity (Wildman–Crippen MR) is 180 cm³/mol. The number of carbonyl (C=O) groups is 4. The van der Waals surface area contributed by atoms with Crippen molar-refractivity contribution in [3.8, 4) is 0 Å². The molecule has 5 atom stereocenters. The second-order valence-electron chi connectivity index (χ2n) is 13.3. The number of likely N-dealkylation sites (tertiary alicyclic amines) is 1. The van der Waals surface area contributed by atoms with Crippen LogP contribution in [-0.4, -0.2) is 98.6 Å². The fourth-order valence-corrected chi connectivity index (χ4v) is 7.69. The van der Waals surface area contributed by atoms with Crippen LogP contribution in [0.4, 0.5) is 4.39 Å². The van der Waals surface area contributed by atoms with Crippen molar-refractivity contribution in [2.75, 3.05) is 19.6 Å². The maximum absolute atomic E-state index is 15.1. The first kappa shape index (κ1) is 35.1. The standard InChI is InChI=1S/C34H44ClFN6O4S/c1-19(2)30(37)34(46)39-14-6-7-26(39)31(43)38-25-17-41(47-28-13-12-23(35)16-24(28)36)29-18-40(20(3)4)33(45)27(42(29)32(25)44)15-22-10-8-21(5)9-11-22/h8-13,16,19-20,25-27,29-30H,6-7,14-15,17-18,37H2,1-5H3,(H,38,43). The molecule has 0 radical (unpaired) electrons. The van der Waals surface area contributed by atoms with E-state index in [4.69, 9.17) is 17.3 Å². The maximum atomic E-state index is 15.1. The summed E-state index contributed by atoms with van der Waals surface area (Å²) in [4.78, 5) is 60.6. The Hall–Kier alpha value is -3.19. The lowest BCUT2D eigenvalue weighted by atomic mass is 9.96. The van der Waals surface area contributed by atoms with E-state index in [1.807, 2.05) is 63.2 Å². The van der Waals surface area contributed by atoms with Gasteiger partial charge in [0.25, 0.3) is 0 Å². The summed E-state index contributed by atoms with van der Waals surface area (Å²) in [6.07, 6.45) is 0.760. The number of amides is 4. The number of nitrogens with two attached hydrogens (primary N) is 1. The van der Waals surface area contributed by atoms with Crippen molar-refractivity contribution in [3.63, 3.8) is 0 Å². The van der Waals surface area contributed by atoms with Crippen LogP contribution in [0.5, 0.6) is 0 Å². The van der Waals surface area contributed by atoms with Gasteiger partial charge in [0, 0.05) is 30.6 Å². The van der Waals surface area contributed by atoms with Crippen LogP contribution in [0.15, 0.2) is 47.4 Å². The number of rotatable bonds is 9. The van der Waals surface area contributed by atoms with E-state index in [1.54, 1.807) is 21.9 Å². The molecular weight excluding hydrogens is 643 g/mol. The van der Waals surface area contributed by atoms with E-state index in [9.17, 15) is 19.2 Å². The van der Waals surface area contributed by atoms with Crippen LogP contribution >= 0.6 is 23.5 Å². The molecule has 5 rings (SSSR count). The third-order valence-electron chi connectivity index (χ3n) is 9.27. The lowest BCUT2D eigenvalue weighted by Crippen LogP contribution is -2.75. The molecule has 0 saturated carbocycles. The molecule has 0 spiro atoms. The lowest BCUT2D eigenvalue weighted by Gasteiger charge is -2.54. The molecule has 3 aliphatic heterocycles. The normalized spacial score (nSPS) is 24.3. The number of nitrogens with one attached hydrogen (secondary N) is 1. The summed E-state index contributed by atoms with van der Waals surface area (Å²) in [7, 11) is 0. The van der Waals surface area contributed by atoms with Crippen molar-refractivity contribution in [1.82, 2.24) is 24.3 Å². The minimum Gasteiger partial charge on any atom is -0.341 e. The number of aryl methyl sites for hydroxylation is 1. The number of hydrogen-bond donors (Lipinski definition) is 2. The van der Waals surface area contributed by atoms with E-state index < -0.39 is 42.1 Å². The van der Waals surface area contributed by atoms with Crippen molar-refractivity contribution in [2.45, 2.75) is 95.2 Å². The number of nitrogens with zero attached hydrogens (tertiary/aromatic N) is 4. The molecule has 10 nitrogen and oxygen atoms in total. The van der Waals surface area contributed by atoms with Crippen molar-refractivity contribution in [2.24, 2.45) is 11.7 Å². The number of benzene rings is 2. The van der Waals surface area contributed by atoms with Gasteiger partial charge in [0.1, 0.15) is 30.1 Å². The average molecular weight is 687 g/mol. The van der Waals surface area contributed by atoms with Gasteiger partial charge in [-0.2, -0.15) is 0 Å². The summed E-state index contributed by atoms with van der Waals surface area (Å²) in [5, 5.41) is 3.17. The van der Waals surface area contributed by atoms with Crippen LogP contribution < -0.4 is 11.1 Å². The summed E-state index contributed by atoms with van der Waals surface area (Å²) in [5.74, 6) is -1.94. The predicted octanol–water partition coefficient (Wildman–Crippen LogP) is 3.59. The highest BCUT2D eigenvalue weighted by Gasteiger charge is 2.52. The molecule has 3 N–H and O–H groups in total. The summed E-state index contributed by atoms with van der Waals surface area (Å²) < 4.78 is 17.0. The first-order valence-corrected chi connectivity index (χ1v) is 17.4. The molecule has 2 aromatic carbocycles. The summed E-state index contributed by atoms with van der Waals surface area (Å²) in [6.45, 7) is 10.2. The monoisotopic (exact) mass is 686 g/mol. The molecule has 3 saturated heterocycles. The van der Waals surface area contributed by atoms with Crippen molar-refractivity contribution >= 4 is 47.2 Å². The molecule has 254 valence electrons. The molecule has 5 unspecified atom stereocenters. The Labute approximate surface area is 285 Å². The topological polar surface area (TPSA) is 119 Å². The molecule has 13 heteroatoms. The molecule has 3 heterocycles. The highest BCUT2D eigenvalue weighted by atomic mass is 35.5. The molecular formula is C34H44ClFN6O4S. The van der Waals surface area contributed by atoms with Crippen LogP contribution in [0.3, 0.4) is 0 Å². The van der Waals surface area contributed by atoms with E-state index in [0.717, 1.165) is 23.1 Å². The van der Waals surface area contributed by atoms with Gasteiger partial charge < -0.3 is 25.8 Å².